The summed E-state index contributed by atoms with van der Waals surface area (Å²) in [4.78, 5) is 0. The monoisotopic (exact) mass is 176 g/mol. The molecular formula is C6H16O2Si2. The van der Waals surface area contributed by atoms with Gasteiger partial charge < -0.3 is 8.85 Å². The second-order valence-electron chi connectivity index (χ2n) is 2.18. The molecule has 1 atom stereocenters. The first kappa shape index (κ1) is 10.1. The van der Waals surface area contributed by atoms with Gasteiger partial charge >= 0.3 is 0 Å². The van der Waals surface area contributed by atoms with Gasteiger partial charge in [-0.25, -0.2) is 0 Å². The van der Waals surface area contributed by atoms with E-state index in [0.29, 0.717) is 6.10 Å². The van der Waals surface area contributed by atoms with Crippen molar-refractivity contribution in [1.29, 1.82) is 0 Å². The van der Waals surface area contributed by atoms with Crippen LogP contribution < -0.4 is 0 Å². The summed E-state index contributed by atoms with van der Waals surface area (Å²) in [6.07, 6.45) is 4.32. The average Bonchev–Trinajstić information content (AvgIpc) is 1.98. The van der Waals surface area contributed by atoms with E-state index in [4.69, 9.17) is 8.85 Å². The molecule has 0 aliphatic carbocycles. The minimum absolute atomic E-state index is 0.321. The van der Waals surface area contributed by atoms with Gasteiger partial charge in [0.1, 0.15) is 21.0 Å². The second kappa shape index (κ2) is 7.20. The highest BCUT2D eigenvalue weighted by Crippen LogP contribution is 2.00. The Hall–Kier alpha value is 0.0938. The van der Waals surface area contributed by atoms with Crippen molar-refractivity contribution in [2.45, 2.75) is 18.9 Å². The maximum absolute atomic E-state index is 5.28. The molecule has 0 aliphatic heterocycles. The Labute approximate surface area is 68.7 Å². The van der Waals surface area contributed by atoms with Gasteiger partial charge in [0.05, 0.1) is 12.7 Å². The first-order valence-electron chi connectivity index (χ1n) is 3.47. The Bertz CT molecular complexity index is 87.8. The van der Waals surface area contributed by atoms with Crippen molar-refractivity contribution >= 4 is 21.0 Å². The zero-order chi connectivity index (χ0) is 7.82. The molecule has 0 radical (unpaired) electrons. The molecule has 0 saturated heterocycles. The van der Waals surface area contributed by atoms with Crippen molar-refractivity contribution in [3.8, 4) is 0 Å². The zero-order valence-corrected chi connectivity index (χ0v) is 10.8. The van der Waals surface area contributed by atoms with Gasteiger partial charge in [-0.15, -0.1) is 6.58 Å². The molecule has 0 aromatic carbocycles. The predicted octanol–water partition coefficient (Wildman–Crippen LogP) is -1.08. The Balaban J connectivity index is 3.29. The molecule has 0 N–H and O–H groups in total. The normalized spacial score (nSPS) is 13.6. The van der Waals surface area contributed by atoms with Crippen LogP contribution in [0.25, 0.3) is 0 Å². The van der Waals surface area contributed by atoms with Crippen molar-refractivity contribution in [3.05, 3.63) is 12.7 Å². The zero-order valence-electron chi connectivity index (χ0n) is 6.80. The topological polar surface area (TPSA) is 18.5 Å². The number of allylic oxidation sites excluding steroid dienone is 1. The highest BCUT2D eigenvalue weighted by molar-refractivity contribution is 5.98. The van der Waals surface area contributed by atoms with E-state index in [1.54, 1.807) is 0 Å². The molecule has 1 unspecified atom stereocenters. The lowest BCUT2D eigenvalue weighted by molar-refractivity contribution is 0.139. The van der Waals surface area contributed by atoms with Gasteiger partial charge in [-0.3, -0.25) is 0 Å². The van der Waals surface area contributed by atoms with Gasteiger partial charge in [-0.05, 0) is 12.8 Å². The predicted molar refractivity (Wildman–Crippen MR) is 50.1 cm³/mol. The van der Waals surface area contributed by atoms with E-state index in [9.17, 15) is 0 Å². The molecule has 10 heavy (non-hydrogen) atoms. The summed E-state index contributed by atoms with van der Waals surface area (Å²) in [5.74, 6) is 0. The standard InChI is InChI=1S/C6H16O2Si2/c1-2-3-4-6(8-10)5-7-9/h2,6H,1,3-5H2,9-10H3. The lowest BCUT2D eigenvalue weighted by Crippen LogP contribution is -2.17. The third-order valence-electron chi connectivity index (χ3n) is 1.38. The van der Waals surface area contributed by atoms with E-state index in [-0.39, 0.29) is 0 Å². The van der Waals surface area contributed by atoms with Crippen LogP contribution in [-0.4, -0.2) is 33.7 Å². The van der Waals surface area contributed by atoms with Crippen LogP contribution in [0.1, 0.15) is 12.8 Å². The highest BCUT2D eigenvalue weighted by Gasteiger charge is 2.02. The van der Waals surface area contributed by atoms with Gasteiger partial charge in [0, 0.05) is 0 Å². The van der Waals surface area contributed by atoms with E-state index in [1.807, 2.05) is 6.08 Å². The summed E-state index contributed by atoms with van der Waals surface area (Å²) in [5.41, 5.74) is 0. The molecule has 0 aromatic rings. The van der Waals surface area contributed by atoms with Gasteiger partial charge in [0.15, 0.2) is 0 Å². The lowest BCUT2D eigenvalue weighted by atomic mass is 10.2. The van der Waals surface area contributed by atoms with Crippen LogP contribution in [0.15, 0.2) is 12.7 Å². The Kier molecular flexibility index (Phi) is 7.27. The van der Waals surface area contributed by atoms with Crippen molar-refractivity contribution in [1.82, 2.24) is 0 Å². The van der Waals surface area contributed by atoms with Crippen LogP contribution >= 0.6 is 0 Å². The molecule has 4 heteroatoms. The quantitative estimate of drug-likeness (QED) is 0.378. The van der Waals surface area contributed by atoms with Crippen molar-refractivity contribution < 1.29 is 8.85 Å². The fraction of sp³-hybridized carbons (Fsp3) is 0.667. The van der Waals surface area contributed by atoms with E-state index in [0.717, 1.165) is 40.4 Å². The lowest BCUT2D eigenvalue weighted by Gasteiger charge is -2.13. The van der Waals surface area contributed by atoms with Gasteiger partial charge in [-0.1, -0.05) is 6.08 Å². The van der Waals surface area contributed by atoms with Crippen molar-refractivity contribution in [2.24, 2.45) is 0 Å². The van der Waals surface area contributed by atoms with Crippen LogP contribution in [0.2, 0.25) is 0 Å². The van der Waals surface area contributed by atoms with Gasteiger partial charge in [-0.2, -0.15) is 0 Å². The summed E-state index contributed by atoms with van der Waals surface area (Å²) in [7, 11) is 1.61. The molecule has 0 aliphatic rings. The maximum Gasteiger partial charge on any atom is 0.146 e. The largest absolute Gasteiger partial charge is 0.425 e. The maximum atomic E-state index is 5.28. The highest BCUT2D eigenvalue weighted by atomic mass is 28.2. The second-order valence-corrected chi connectivity index (χ2v) is 3.23. The molecule has 0 spiro atoms. The fourth-order valence-corrected chi connectivity index (χ4v) is 1.50. The Morgan fingerprint density at radius 3 is 2.60 bits per heavy atom. The SMILES string of the molecule is C=CCCC(CO[SiH3])O[SiH3]. The number of hydrogen-bond donors (Lipinski definition) is 0. The van der Waals surface area contributed by atoms with Crippen LogP contribution in [-0.2, 0) is 8.85 Å². The molecule has 0 rings (SSSR count). The van der Waals surface area contributed by atoms with Gasteiger partial charge in [0.2, 0.25) is 0 Å². The van der Waals surface area contributed by atoms with Crippen molar-refractivity contribution in [2.75, 3.05) is 6.61 Å². The fourth-order valence-electron chi connectivity index (χ4n) is 0.759. The van der Waals surface area contributed by atoms with E-state index in [1.165, 1.54) is 0 Å². The average molecular weight is 176 g/mol. The van der Waals surface area contributed by atoms with Crippen LogP contribution in [0.3, 0.4) is 0 Å². The third-order valence-corrected chi connectivity index (χ3v) is 2.38. The minimum Gasteiger partial charge on any atom is -0.425 e. The summed E-state index contributed by atoms with van der Waals surface area (Å²) in [6, 6.07) is 0. The number of hydrogen-bond acceptors (Lipinski definition) is 2. The molecule has 0 heterocycles. The molecule has 0 saturated carbocycles. The van der Waals surface area contributed by atoms with E-state index >= 15 is 0 Å². The van der Waals surface area contributed by atoms with E-state index < -0.39 is 0 Å². The summed E-state index contributed by atoms with van der Waals surface area (Å²) in [5, 5.41) is 0. The molecule has 0 bridgehead atoms. The molecule has 0 fully saturated rings. The molecule has 0 amide bonds. The first-order valence-corrected chi connectivity index (χ1v) is 5.11. The Morgan fingerprint density at radius 2 is 2.20 bits per heavy atom. The van der Waals surface area contributed by atoms with Crippen LogP contribution in [0.5, 0.6) is 0 Å². The van der Waals surface area contributed by atoms with Crippen LogP contribution in [0, 0.1) is 0 Å². The van der Waals surface area contributed by atoms with E-state index in [2.05, 4.69) is 6.58 Å². The Morgan fingerprint density at radius 1 is 1.50 bits per heavy atom. The van der Waals surface area contributed by atoms with Crippen molar-refractivity contribution in [3.63, 3.8) is 0 Å². The van der Waals surface area contributed by atoms with Gasteiger partial charge in [0.25, 0.3) is 0 Å². The molecular weight excluding hydrogens is 160 g/mol. The minimum atomic E-state index is 0.321. The third kappa shape index (κ3) is 4.93. The smallest absolute Gasteiger partial charge is 0.146 e. The summed E-state index contributed by atoms with van der Waals surface area (Å²) >= 11 is 0. The number of rotatable bonds is 6. The summed E-state index contributed by atoms with van der Waals surface area (Å²) in [6.45, 7) is 4.42. The molecule has 0 aromatic heterocycles. The molecule has 2 nitrogen and oxygen atoms in total. The first-order chi connectivity index (χ1) is 4.85. The summed E-state index contributed by atoms with van der Waals surface area (Å²) < 4.78 is 10.4. The van der Waals surface area contributed by atoms with Crippen LogP contribution in [0.4, 0.5) is 0 Å². The molecule has 60 valence electrons.